The number of primary amides is 1. The van der Waals surface area contributed by atoms with E-state index in [1.807, 2.05) is 0 Å². The summed E-state index contributed by atoms with van der Waals surface area (Å²) in [5, 5.41) is 5.33. The molecule has 0 aromatic heterocycles. The third kappa shape index (κ3) is 6.95. The van der Waals surface area contributed by atoms with Gasteiger partial charge in [0.05, 0.1) is 12.5 Å². The number of nitrogens with two attached hydrogens (primary N) is 1. The molecule has 0 spiro atoms. The van der Waals surface area contributed by atoms with Crippen LogP contribution < -0.4 is 16.4 Å². The summed E-state index contributed by atoms with van der Waals surface area (Å²) in [6.07, 6.45) is -0.238. The van der Waals surface area contributed by atoms with Crippen molar-refractivity contribution in [3.05, 3.63) is 64.9 Å². The molecule has 27 heavy (non-hydrogen) atoms. The fourth-order valence-corrected chi connectivity index (χ4v) is 2.38. The molecule has 3 amide bonds. The normalized spacial score (nSPS) is 11.3. The molecule has 2 aromatic carbocycles. The first kappa shape index (κ1) is 20.2. The molecule has 0 aliphatic rings. The highest BCUT2D eigenvalue weighted by Gasteiger charge is 2.19. The van der Waals surface area contributed by atoms with Crippen LogP contribution >= 0.6 is 11.6 Å². The van der Waals surface area contributed by atoms with Crippen molar-refractivity contribution in [2.75, 3.05) is 11.9 Å². The number of carbonyl (C=O) groups is 3. The standard InChI is InChI=1S/C18H17ClFN3O4/c19-12-6-4-11(5-7-12)15(23-18(21)26)9-17(25)27-10-16(24)22-14-3-1-2-13(20)8-14/h1-8,15H,9-10H2,(H,22,24)(H3,21,23,26)/t15-/m0/s1. The van der Waals surface area contributed by atoms with Crippen LogP contribution in [0.25, 0.3) is 0 Å². The molecule has 0 radical (unpaired) electrons. The molecule has 2 aromatic rings. The number of anilines is 1. The van der Waals surface area contributed by atoms with Crippen molar-refractivity contribution in [2.24, 2.45) is 5.73 Å². The number of rotatable bonds is 7. The van der Waals surface area contributed by atoms with Crippen molar-refractivity contribution in [2.45, 2.75) is 12.5 Å². The molecule has 142 valence electrons. The van der Waals surface area contributed by atoms with Crippen LogP contribution in [0.2, 0.25) is 5.02 Å². The molecular weight excluding hydrogens is 377 g/mol. The van der Waals surface area contributed by atoms with Gasteiger partial charge in [0.15, 0.2) is 6.61 Å². The van der Waals surface area contributed by atoms with E-state index in [1.165, 1.54) is 18.2 Å². The predicted octanol–water partition coefficient (Wildman–Crippen LogP) is 2.76. The zero-order valence-electron chi connectivity index (χ0n) is 14.1. The van der Waals surface area contributed by atoms with E-state index in [2.05, 4.69) is 10.6 Å². The van der Waals surface area contributed by atoms with Gasteiger partial charge in [-0.1, -0.05) is 29.8 Å². The van der Waals surface area contributed by atoms with Crippen LogP contribution in [-0.4, -0.2) is 24.5 Å². The lowest BCUT2D eigenvalue weighted by molar-refractivity contribution is -0.147. The molecule has 7 nitrogen and oxygen atoms in total. The molecule has 9 heteroatoms. The van der Waals surface area contributed by atoms with E-state index in [4.69, 9.17) is 22.1 Å². The Balaban J connectivity index is 1.90. The van der Waals surface area contributed by atoms with Gasteiger partial charge in [0, 0.05) is 10.7 Å². The van der Waals surface area contributed by atoms with Gasteiger partial charge in [-0.2, -0.15) is 0 Å². The summed E-state index contributed by atoms with van der Waals surface area (Å²) in [6, 6.07) is 10.2. The van der Waals surface area contributed by atoms with Gasteiger partial charge in [0.1, 0.15) is 5.82 Å². The predicted molar refractivity (Wildman–Crippen MR) is 97.5 cm³/mol. The zero-order valence-corrected chi connectivity index (χ0v) is 14.8. The number of ether oxygens (including phenoxy) is 1. The maximum Gasteiger partial charge on any atom is 0.312 e. The summed E-state index contributed by atoms with van der Waals surface area (Å²) in [5.74, 6) is -1.86. The molecular formula is C18H17ClFN3O4. The lowest BCUT2D eigenvalue weighted by atomic mass is 10.0. The monoisotopic (exact) mass is 393 g/mol. The fraction of sp³-hybridized carbons (Fsp3) is 0.167. The first-order valence-corrected chi connectivity index (χ1v) is 8.24. The van der Waals surface area contributed by atoms with E-state index >= 15 is 0 Å². The Morgan fingerprint density at radius 1 is 1.15 bits per heavy atom. The van der Waals surface area contributed by atoms with Gasteiger partial charge in [0.2, 0.25) is 0 Å². The summed E-state index contributed by atoms with van der Waals surface area (Å²) in [7, 11) is 0. The third-order valence-corrected chi connectivity index (χ3v) is 3.68. The number of nitrogens with one attached hydrogen (secondary N) is 2. The number of hydrogen-bond acceptors (Lipinski definition) is 4. The number of urea groups is 1. The molecule has 2 rings (SSSR count). The number of carbonyl (C=O) groups excluding carboxylic acids is 3. The van der Waals surface area contributed by atoms with Crippen LogP contribution in [0.1, 0.15) is 18.0 Å². The molecule has 4 N–H and O–H groups in total. The van der Waals surface area contributed by atoms with Crippen LogP contribution in [0, 0.1) is 5.82 Å². The van der Waals surface area contributed by atoms with E-state index in [9.17, 15) is 18.8 Å². The molecule has 1 atom stereocenters. The molecule has 0 bridgehead atoms. The van der Waals surface area contributed by atoms with E-state index < -0.39 is 36.4 Å². The molecule has 0 fully saturated rings. The summed E-state index contributed by atoms with van der Waals surface area (Å²) >= 11 is 5.82. The summed E-state index contributed by atoms with van der Waals surface area (Å²) in [4.78, 5) is 35.0. The van der Waals surface area contributed by atoms with Gasteiger partial charge in [-0.15, -0.1) is 0 Å². The number of hydrogen-bond donors (Lipinski definition) is 3. The Labute approximate surface area is 159 Å². The van der Waals surface area contributed by atoms with Crippen molar-refractivity contribution in [3.63, 3.8) is 0 Å². The number of halogens is 2. The summed E-state index contributed by atoms with van der Waals surface area (Å²) < 4.78 is 18.0. The summed E-state index contributed by atoms with van der Waals surface area (Å²) in [6.45, 7) is -0.556. The van der Waals surface area contributed by atoms with E-state index in [0.717, 1.165) is 6.07 Å². The Bertz CT molecular complexity index is 830. The Kier molecular flexibility index (Phi) is 7.13. The van der Waals surface area contributed by atoms with Crippen LogP contribution in [0.5, 0.6) is 0 Å². The lowest BCUT2D eigenvalue weighted by Crippen LogP contribution is -2.35. The summed E-state index contributed by atoms with van der Waals surface area (Å²) in [5.41, 5.74) is 5.97. The highest BCUT2D eigenvalue weighted by atomic mass is 35.5. The van der Waals surface area contributed by atoms with Crippen molar-refractivity contribution < 1.29 is 23.5 Å². The van der Waals surface area contributed by atoms with Crippen LogP contribution in [-0.2, 0) is 14.3 Å². The third-order valence-electron chi connectivity index (χ3n) is 3.43. The largest absolute Gasteiger partial charge is 0.455 e. The average molecular weight is 394 g/mol. The Morgan fingerprint density at radius 3 is 2.48 bits per heavy atom. The quantitative estimate of drug-likeness (QED) is 0.628. The maximum absolute atomic E-state index is 13.1. The number of esters is 1. The lowest BCUT2D eigenvalue weighted by Gasteiger charge is -2.17. The fourth-order valence-electron chi connectivity index (χ4n) is 2.25. The zero-order chi connectivity index (χ0) is 19.8. The first-order valence-electron chi connectivity index (χ1n) is 7.86. The molecule has 0 saturated heterocycles. The van der Waals surface area contributed by atoms with Crippen molar-refractivity contribution in [1.82, 2.24) is 5.32 Å². The van der Waals surface area contributed by atoms with Gasteiger partial charge in [-0.25, -0.2) is 9.18 Å². The minimum atomic E-state index is -0.813. The van der Waals surface area contributed by atoms with E-state index in [1.54, 1.807) is 24.3 Å². The van der Waals surface area contributed by atoms with Gasteiger partial charge in [-0.05, 0) is 35.9 Å². The van der Waals surface area contributed by atoms with Gasteiger partial charge in [0.25, 0.3) is 5.91 Å². The van der Waals surface area contributed by atoms with Crippen LogP contribution in [0.15, 0.2) is 48.5 Å². The molecule has 0 saturated carbocycles. The van der Waals surface area contributed by atoms with Crippen molar-refractivity contribution >= 4 is 35.2 Å². The average Bonchev–Trinajstić information content (AvgIpc) is 2.60. The highest BCUT2D eigenvalue weighted by Crippen LogP contribution is 2.20. The Hall–Kier alpha value is -3.13. The SMILES string of the molecule is NC(=O)N[C@@H](CC(=O)OCC(=O)Nc1cccc(F)c1)c1ccc(Cl)cc1. The second-order valence-corrected chi connectivity index (χ2v) is 5.97. The van der Waals surface area contributed by atoms with Gasteiger partial charge >= 0.3 is 12.0 Å². The molecule has 0 aliphatic carbocycles. The van der Waals surface area contributed by atoms with E-state index in [-0.39, 0.29) is 12.1 Å². The van der Waals surface area contributed by atoms with Crippen LogP contribution in [0.3, 0.4) is 0 Å². The second-order valence-electron chi connectivity index (χ2n) is 5.54. The number of amides is 3. The minimum absolute atomic E-state index is 0.238. The maximum atomic E-state index is 13.1. The van der Waals surface area contributed by atoms with Crippen molar-refractivity contribution in [3.8, 4) is 0 Å². The second kappa shape index (κ2) is 9.54. The van der Waals surface area contributed by atoms with Crippen molar-refractivity contribution in [1.29, 1.82) is 0 Å². The Morgan fingerprint density at radius 2 is 1.85 bits per heavy atom. The topological polar surface area (TPSA) is 111 Å². The molecule has 0 aliphatic heterocycles. The van der Waals surface area contributed by atoms with Gasteiger partial charge < -0.3 is 21.1 Å². The smallest absolute Gasteiger partial charge is 0.312 e. The van der Waals surface area contributed by atoms with E-state index in [0.29, 0.717) is 10.6 Å². The molecule has 0 heterocycles. The van der Waals surface area contributed by atoms with Crippen LogP contribution in [0.4, 0.5) is 14.9 Å². The number of benzene rings is 2. The van der Waals surface area contributed by atoms with Gasteiger partial charge in [-0.3, -0.25) is 9.59 Å². The minimum Gasteiger partial charge on any atom is -0.455 e. The highest BCUT2D eigenvalue weighted by molar-refractivity contribution is 6.30. The molecule has 0 unspecified atom stereocenters. The first-order chi connectivity index (χ1) is 12.8.